The number of rotatable bonds is 10. The third-order valence-electron chi connectivity index (χ3n) is 4.63. The zero-order valence-electron chi connectivity index (χ0n) is 18.1. The van der Waals surface area contributed by atoms with Gasteiger partial charge in [-0.05, 0) is 42.0 Å². The van der Waals surface area contributed by atoms with E-state index in [2.05, 4.69) is 4.72 Å². The van der Waals surface area contributed by atoms with Crippen LogP contribution >= 0.6 is 23.4 Å². The average Bonchev–Trinajstić information content (AvgIpc) is 2.84. The van der Waals surface area contributed by atoms with E-state index >= 15 is 0 Å². The molecule has 1 atom stereocenters. The van der Waals surface area contributed by atoms with Crippen molar-refractivity contribution in [3.05, 3.63) is 88.9 Å². The zero-order chi connectivity index (χ0) is 24.6. The molecule has 0 fully saturated rings. The molecule has 0 aliphatic heterocycles. The number of halogens is 1. The predicted molar refractivity (Wildman–Crippen MR) is 131 cm³/mol. The van der Waals surface area contributed by atoms with Gasteiger partial charge in [-0.3, -0.25) is 4.79 Å². The van der Waals surface area contributed by atoms with Gasteiger partial charge in [-0.2, -0.15) is 21.7 Å². The lowest BCUT2D eigenvalue weighted by Gasteiger charge is -2.17. The number of nitrogens with zero attached hydrogens (tertiary/aromatic N) is 1. The molecular weight excluding hydrogens is 496 g/mol. The zero-order valence-corrected chi connectivity index (χ0v) is 20.5. The number of thioether (sulfide) groups is 1. The van der Waals surface area contributed by atoms with E-state index in [1.807, 2.05) is 36.4 Å². The van der Waals surface area contributed by atoms with Gasteiger partial charge in [-0.25, -0.2) is 8.42 Å². The number of methoxy groups -OCH3 is 1. The predicted octanol–water partition coefficient (Wildman–Crippen LogP) is 4.76. The summed E-state index contributed by atoms with van der Waals surface area (Å²) in [6.45, 7) is 0. The molecule has 0 heterocycles. The monoisotopic (exact) mass is 516 g/mol. The maximum Gasteiger partial charge on any atom is 0.324 e. The topological polar surface area (TPSA) is 105 Å². The highest BCUT2D eigenvalue weighted by atomic mass is 35.5. The van der Waals surface area contributed by atoms with E-state index in [0.717, 1.165) is 5.56 Å². The van der Waals surface area contributed by atoms with E-state index in [1.54, 1.807) is 18.2 Å². The maximum atomic E-state index is 12.9. The molecule has 0 aliphatic rings. The van der Waals surface area contributed by atoms with E-state index in [4.69, 9.17) is 21.1 Å². The molecule has 0 aromatic heterocycles. The fourth-order valence-corrected chi connectivity index (χ4v) is 5.43. The summed E-state index contributed by atoms with van der Waals surface area (Å²) in [5, 5.41) is 9.51. The van der Waals surface area contributed by atoms with Gasteiger partial charge < -0.3 is 9.47 Å². The molecule has 0 radical (unpaired) electrons. The summed E-state index contributed by atoms with van der Waals surface area (Å²) >= 11 is 7.43. The molecule has 1 N–H and O–H groups in total. The van der Waals surface area contributed by atoms with Gasteiger partial charge in [-0.15, -0.1) is 0 Å². The van der Waals surface area contributed by atoms with E-state index in [9.17, 15) is 18.5 Å². The Morgan fingerprint density at radius 1 is 1.09 bits per heavy atom. The highest BCUT2D eigenvalue weighted by molar-refractivity contribution is 7.98. The van der Waals surface area contributed by atoms with Crippen molar-refractivity contribution < 1.29 is 22.7 Å². The summed E-state index contributed by atoms with van der Waals surface area (Å²) in [6, 6.07) is 21.0. The van der Waals surface area contributed by atoms with Gasteiger partial charge >= 0.3 is 5.97 Å². The lowest BCUT2D eigenvalue weighted by atomic mass is 10.2. The van der Waals surface area contributed by atoms with Crippen LogP contribution in [0.4, 0.5) is 0 Å². The number of sulfonamides is 1. The number of nitrogens with one attached hydrogen (secondary N) is 1. The smallest absolute Gasteiger partial charge is 0.324 e. The Labute approximate surface area is 207 Å². The first-order chi connectivity index (χ1) is 16.3. The van der Waals surface area contributed by atoms with Crippen LogP contribution in [0.25, 0.3) is 0 Å². The van der Waals surface area contributed by atoms with Gasteiger partial charge in [0.1, 0.15) is 29.2 Å². The SMILES string of the molecule is COC(=O)[C@H](CSCc1ccccc1)NS(=O)(=O)c1ccc(Oc2cccc(Cl)c2C#N)cc1. The normalized spacial score (nSPS) is 11.9. The van der Waals surface area contributed by atoms with Crippen LogP contribution in [-0.4, -0.2) is 33.3 Å². The van der Waals surface area contributed by atoms with Crippen LogP contribution in [0.2, 0.25) is 5.02 Å². The van der Waals surface area contributed by atoms with E-state index in [-0.39, 0.29) is 27.0 Å². The van der Waals surface area contributed by atoms with Gasteiger partial charge in [0.25, 0.3) is 0 Å². The maximum absolute atomic E-state index is 12.9. The second-order valence-corrected chi connectivity index (χ2v) is 10.1. The third-order valence-corrected chi connectivity index (χ3v) is 7.54. The molecule has 7 nitrogen and oxygen atoms in total. The number of ether oxygens (including phenoxy) is 2. The molecule has 0 bridgehead atoms. The summed E-state index contributed by atoms with van der Waals surface area (Å²) < 4.78 is 38.6. The Morgan fingerprint density at radius 3 is 2.44 bits per heavy atom. The molecule has 10 heteroatoms. The van der Waals surface area contributed by atoms with Crippen molar-refractivity contribution in [3.8, 4) is 17.6 Å². The van der Waals surface area contributed by atoms with Crippen LogP contribution in [0.5, 0.6) is 11.5 Å². The Hall–Kier alpha value is -3.03. The first-order valence-corrected chi connectivity index (χ1v) is 13.0. The van der Waals surface area contributed by atoms with Crippen molar-refractivity contribution in [2.45, 2.75) is 16.7 Å². The molecule has 0 saturated carbocycles. The molecule has 3 rings (SSSR count). The van der Waals surface area contributed by atoms with Crippen LogP contribution in [0, 0.1) is 11.3 Å². The summed E-state index contributed by atoms with van der Waals surface area (Å²) in [7, 11) is -2.80. The number of benzene rings is 3. The molecule has 0 aliphatic carbocycles. The standard InChI is InChI=1S/C24H21ClN2O5S2/c1-31-24(28)22(16-33-15-17-6-3-2-4-7-17)27-34(29,30)19-12-10-18(11-13-19)32-23-9-5-8-21(25)20(23)14-26/h2-13,22,27H,15-16H2,1H3/t22-/m0/s1. The van der Waals surface area contributed by atoms with Crippen molar-refractivity contribution in [1.82, 2.24) is 4.72 Å². The Bertz CT molecular complexity index is 1280. The molecule has 3 aromatic carbocycles. The minimum absolute atomic E-state index is 0.0478. The third kappa shape index (κ3) is 6.74. The first-order valence-electron chi connectivity index (χ1n) is 10.0. The number of esters is 1. The number of hydrogen-bond donors (Lipinski definition) is 1. The molecule has 0 spiro atoms. The van der Waals surface area contributed by atoms with Crippen LogP contribution in [-0.2, 0) is 25.3 Å². The van der Waals surface area contributed by atoms with E-state index in [1.165, 1.54) is 43.1 Å². The summed E-state index contributed by atoms with van der Waals surface area (Å²) in [5.41, 5.74) is 1.24. The molecule has 0 saturated heterocycles. The Morgan fingerprint density at radius 2 is 1.79 bits per heavy atom. The second kappa shape index (κ2) is 11.9. The van der Waals surface area contributed by atoms with Crippen LogP contribution in [0.15, 0.2) is 77.7 Å². The molecule has 0 amide bonds. The summed E-state index contributed by atoms with van der Waals surface area (Å²) in [6.07, 6.45) is 0. The lowest BCUT2D eigenvalue weighted by Crippen LogP contribution is -2.43. The van der Waals surface area contributed by atoms with Gasteiger partial charge in [0, 0.05) is 11.5 Å². The Balaban J connectivity index is 1.69. The van der Waals surface area contributed by atoms with Crippen LogP contribution in [0.1, 0.15) is 11.1 Å². The van der Waals surface area contributed by atoms with Crippen LogP contribution < -0.4 is 9.46 Å². The summed E-state index contributed by atoms with van der Waals surface area (Å²) in [4.78, 5) is 12.1. The molecule has 34 heavy (non-hydrogen) atoms. The first kappa shape index (κ1) is 25.6. The number of hydrogen-bond acceptors (Lipinski definition) is 7. The van der Waals surface area contributed by atoms with Gasteiger partial charge in [0.15, 0.2) is 0 Å². The minimum Gasteiger partial charge on any atom is -0.468 e. The second-order valence-electron chi connectivity index (χ2n) is 7.00. The van der Waals surface area contributed by atoms with Crippen LogP contribution in [0.3, 0.4) is 0 Å². The minimum atomic E-state index is -4.01. The van der Waals surface area contributed by atoms with Crippen molar-refractivity contribution in [1.29, 1.82) is 5.26 Å². The van der Waals surface area contributed by atoms with Gasteiger partial charge in [0.05, 0.1) is 17.0 Å². The lowest BCUT2D eigenvalue weighted by molar-refractivity contribution is -0.141. The van der Waals surface area contributed by atoms with E-state index in [0.29, 0.717) is 11.5 Å². The van der Waals surface area contributed by atoms with Gasteiger partial charge in [-0.1, -0.05) is 48.0 Å². The number of carbonyl (C=O) groups excluding carboxylic acids is 1. The highest BCUT2D eigenvalue weighted by Gasteiger charge is 2.26. The molecular formula is C24H21ClN2O5S2. The Kier molecular flexibility index (Phi) is 8.96. The van der Waals surface area contributed by atoms with Crippen molar-refractivity contribution in [3.63, 3.8) is 0 Å². The number of carbonyl (C=O) groups is 1. The highest BCUT2D eigenvalue weighted by Crippen LogP contribution is 2.30. The summed E-state index contributed by atoms with van der Waals surface area (Å²) in [5.74, 6) is 0.726. The fourth-order valence-electron chi connectivity index (χ4n) is 2.93. The van der Waals surface area contributed by atoms with Gasteiger partial charge in [0.2, 0.25) is 10.0 Å². The number of nitriles is 1. The largest absolute Gasteiger partial charge is 0.468 e. The molecule has 3 aromatic rings. The average molecular weight is 517 g/mol. The van der Waals surface area contributed by atoms with Crippen molar-refractivity contribution in [2.24, 2.45) is 0 Å². The quantitative estimate of drug-likeness (QED) is 0.387. The molecule has 0 unspecified atom stereocenters. The molecule has 176 valence electrons. The van der Waals surface area contributed by atoms with Crippen molar-refractivity contribution in [2.75, 3.05) is 12.9 Å². The fraction of sp³-hybridized carbons (Fsp3) is 0.167. The van der Waals surface area contributed by atoms with E-state index < -0.39 is 22.0 Å². The van der Waals surface area contributed by atoms with Crippen molar-refractivity contribution >= 4 is 39.4 Å².